The number of rotatable bonds is 5. The average Bonchev–Trinajstić information content (AvgIpc) is 2.63. The molecule has 2 aromatic rings. The molecule has 7 heteroatoms. The second-order valence-electron chi connectivity index (χ2n) is 6.03. The molecule has 1 aliphatic heterocycles. The first-order valence-corrected chi connectivity index (χ1v) is 8.86. The van der Waals surface area contributed by atoms with Gasteiger partial charge < -0.3 is 9.64 Å². The first kappa shape index (κ1) is 17.1. The number of aromatic nitrogens is 3. The number of methoxy groups -OCH3 is 1. The van der Waals surface area contributed by atoms with Gasteiger partial charge in [-0.2, -0.15) is 0 Å². The molecular weight excluding hydrogens is 370 g/mol. The lowest BCUT2D eigenvalue weighted by molar-refractivity contribution is 0.196. The molecule has 0 saturated carbocycles. The summed E-state index contributed by atoms with van der Waals surface area (Å²) in [6.07, 6.45) is 5.74. The summed E-state index contributed by atoms with van der Waals surface area (Å²) in [5, 5.41) is 0. The maximum atomic E-state index is 5.20. The van der Waals surface area contributed by atoms with Crippen LogP contribution in [0.3, 0.4) is 0 Å². The molecule has 3 rings (SSSR count). The molecule has 0 N–H and O–H groups in total. The lowest BCUT2D eigenvalue weighted by Crippen LogP contribution is -2.46. The average molecular weight is 392 g/mol. The van der Waals surface area contributed by atoms with Crippen molar-refractivity contribution in [1.29, 1.82) is 0 Å². The zero-order chi connectivity index (χ0) is 16.9. The van der Waals surface area contributed by atoms with E-state index >= 15 is 0 Å². The van der Waals surface area contributed by atoms with E-state index in [1.165, 1.54) is 6.42 Å². The third-order valence-electron chi connectivity index (χ3n) is 4.40. The highest BCUT2D eigenvalue weighted by molar-refractivity contribution is 9.10. The minimum Gasteiger partial charge on any atom is -0.481 e. The molecule has 2 aromatic heterocycles. The molecule has 1 unspecified atom stereocenters. The Labute approximate surface area is 151 Å². The zero-order valence-corrected chi connectivity index (χ0v) is 15.6. The van der Waals surface area contributed by atoms with Crippen molar-refractivity contribution >= 4 is 21.7 Å². The molecular formula is C17H22BrN5O. The van der Waals surface area contributed by atoms with Gasteiger partial charge in [-0.1, -0.05) is 0 Å². The SMILES string of the molecule is COc1cc(N(C)C2CCCN(Cc3ccc(Br)cn3)C2)ncn1. The Balaban J connectivity index is 1.64. The van der Waals surface area contributed by atoms with Crippen molar-refractivity contribution in [3.63, 3.8) is 0 Å². The maximum absolute atomic E-state index is 5.20. The number of pyridine rings is 1. The Morgan fingerprint density at radius 1 is 1.33 bits per heavy atom. The van der Waals surface area contributed by atoms with Crippen LogP contribution in [0.4, 0.5) is 5.82 Å². The summed E-state index contributed by atoms with van der Waals surface area (Å²) in [6.45, 7) is 2.99. The van der Waals surface area contributed by atoms with Crippen molar-refractivity contribution in [2.24, 2.45) is 0 Å². The number of anilines is 1. The van der Waals surface area contributed by atoms with Crippen LogP contribution in [0.2, 0.25) is 0 Å². The Morgan fingerprint density at radius 3 is 2.96 bits per heavy atom. The normalized spacial score (nSPS) is 18.4. The first-order valence-electron chi connectivity index (χ1n) is 8.07. The van der Waals surface area contributed by atoms with E-state index in [2.05, 4.69) is 53.8 Å². The van der Waals surface area contributed by atoms with Crippen molar-refractivity contribution < 1.29 is 4.74 Å². The lowest BCUT2D eigenvalue weighted by atomic mass is 10.0. The minimum absolute atomic E-state index is 0.425. The van der Waals surface area contributed by atoms with E-state index in [-0.39, 0.29) is 0 Å². The van der Waals surface area contributed by atoms with Crippen LogP contribution in [0.25, 0.3) is 0 Å². The van der Waals surface area contributed by atoms with Gasteiger partial charge in [-0.15, -0.1) is 0 Å². The highest BCUT2D eigenvalue weighted by atomic mass is 79.9. The van der Waals surface area contributed by atoms with Crippen molar-refractivity contribution in [2.45, 2.75) is 25.4 Å². The van der Waals surface area contributed by atoms with Gasteiger partial charge in [-0.3, -0.25) is 9.88 Å². The zero-order valence-electron chi connectivity index (χ0n) is 14.0. The number of hydrogen-bond acceptors (Lipinski definition) is 6. The number of halogens is 1. The van der Waals surface area contributed by atoms with E-state index in [4.69, 9.17) is 4.74 Å². The molecule has 0 spiro atoms. The van der Waals surface area contributed by atoms with E-state index in [1.807, 2.05) is 18.3 Å². The van der Waals surface area contributed by atoms with E-state index < -0.39 is 0 Å². The van der Waals surface area contributed by atoms with E-state index in [9.17, 15) is 0 Å². The smallest absolute Gasteiger partial charge is 0.218 e. The molecule has 0 bridgehead atoms. The summed E-state index contributed by atoms with van der Waals surface area (Å²) in [6, 6.07) is 6.43. The first-order chi connectivity index (χ1) is 11.7. The fraction of sp³-hybridized carbons (Fsp3) is 0.471. The van der Waals surface area contributed by atoms with Gasteiger partial charge in [-0.25, -0.2) is 9.97 Å². The van der Waals surface area contributed by atoms with Crippen LogP contribution in [0.5, 0.6) is 5.88 Å². The molecule has 1 aliphatic rings. The predicted molar refractivity (Wildman–Crippen MR) is 97.2 cm³/mol. The number of likely N-dealkylation sites (tertiary alicyclic amines) is 1. The Hall–Kier alpha value is -1.73. The molecule has 1 atom stereocenters. The molecule has 1 saturated heterocycles. The van der Waals surface area contributed by atoms with Gasteiger partial charge in [0.25, 0.3) is 0 Å². The molecule has 128 valence electrons. The molecule has 24 heavy (non-hydrogen) atoms. The maximum Gasteiger partial charge on any atom is 0.218 e. The summed E-state index contributed by atoms with van der Waals surface area (Å²) in [5.41, 5.74) is 1.10. The largest absolute Gasteiger partial charge is 0.481 e. The van der Waals surface area contributed by atoms with Gasteiger partial charge in [0, 0.05) is 42.9 Å². The van der Waals surface area contributed by atoms with Crippen LogP contribution in [0.1, 0.15) is 18.5 Å². The third-order valence-corrected chi connectivity index (χ3v) is 4.87. The standard InChI is InChI=1S/C17H22BrN5O/c1-22(16-8-17(24-2)21-12-20-16)15-4-3-7-23(11-15)10-14-6-5-13(18)9-19-14/h5-6,8-9,12,15H,3-4,7,10-11H2,1-2H3. The molecule has 0 aliphatic carbocycles. The molecule has 1 fully saturated rings. The monoisotopic (exact) mass is 391 g/mol. The van der Waals surface area contributed by atoms with Gasteiger partial charge in [0.1, 0.15) is 12.1 Å². The van der Waals surface area contributed by atoms with Gasteiger partial charge in [-0.05, 0) is 47.4 Å². The van der Waals surface area contributed by atoms with Crippen molar-refractivity contribution in [3.05, 3.63) is 40.9 Å². The predicted octanol–water partition coefficient (Wildman–Crippen LogP) is 2.74. The number of piperidine rings is 1. The fourth-order valence-corrected chi connectivity index (χ4v) is 3.28. The van der Waals surface area contributed by atoms with Crippen LogP contribution in [0.15, 0.2) is 35.2 Å². The highest BCUT2D eigenvalue weighted by Crippen LogP contribution is 2.22. The van der Waals surface area contributed by atoms with Crippen LogP contribution in [0, 0.1) is 0 Å². The fourth-order valence-electron chi connectivity index (χ4n) is 3.04. The molecule has 0 amide bonds. The Bertz CT molecular complexity index is 666. The number of nitrogens with zero attached hydrogens (tertiary/aromatic N) is 5. The second-order valence-corrected chi connectivity index (χ2v) is 6.94. The van der Waals surface area contributed by atoms with Crippen LogP contribution >= 0.6 is 15.9 Å². The molecule has 6 nitrogen and oxygen atoms in total. The van der Waals surface area contributed by atoms with Crippen molar-refractivity contribution in [2.75, 3.05) is 32.1 Å². The van der Waals surface area contributed by atoms with E-state index in [1.54, 1.807) is 13.4 Å². The summed E-state index contributed by atoms with van der Waals surface area (Å²) in [5.74, 6) is 1.49. The molecule has 0 radical (unpaired) electrons. The quantitative estimate of drug-likeness (QED) is 0.780. The van der Waals surface area contributed by atoms with E-state index in [0.29, 0.717) is 11.9 Å². The van der Waals surface area contributed by atoms with Crippen LogP contribution < -0.4 is 9.64 Å². The summed E-state index contributed by atoms with van der Waals surface area (Å²) < 4.78 is 6.22. The summed E-state index contributed by atoms with van der Waals surface area (Å²) in [4.78, 5) is 17.6. The van der Waals surface area contributed by atoms with Gasteiger partial charge >= 0.3 is 0 Å². The minimum atomic E-state index is 0.425. The van der Waals surface area contributed by atoms with Gasteiger partial charge in [0.2, 0.25) is 5.88 Å². The third kappa shape index (κ3) is 4.21. The van der Waals surface area contributed by atoms with Gasteiger partial charge in [0.05, 0.1) is 12.8 Å². The van der Waals surface area contributed by atoms with Crippen molar-refractivity contribution in [1.82, 2.24) is 19.9 Å². The topological polar surface area (TPSA) is 54.4 Å². The molecule has 3 heterocycles. The summed E-state index contributed by atoms with van der Waals surface area (Å²) >= 11 is 3.43. The second kappa shape index (κ2) is 7.90. The number of likely N-dealkylation sites (N-methyl/N-ethyl adjacent to an activating group) is 1. The van der Waals surface area contributed by atoms with Gasteiger partial charge in [0.15, 0.2) is 0 Å². The number of hydrogen-bond donors (Lipinski definition) is 0. The lowest BCUT2D eigenvalue weighted by Gasteiger charge is -2.38. The number of ether oxygens (including phenoxy) is 1. The Kier molecular flexibility index (Phi) is 5.63. The summed E-state index contributed by atoms with van der Waals surface area (Å²) in [7, 11) is 3.72. The van der Waals surface area contributed by atoms with E-state index in [0.717, 1.165) is 42.0 Å². The highest BCUT2D eigenvalue weighted by Gasteiger charge is 2.24. The Morgan fingerprint density at radius 2 is 2.21 bits per heavy atom. The van der Waals surface area contributed by atoms with Crippen LogP contribution in [-0.2, 0) is 6.54 Å². The molecule has 0 aromatic carbocycles. The van der Waals surface area contributed by atoms with Crippen LogP contribution in [-0.4, -0.2) is 53.1 Å². The van der Waals surface area contributed by atoms with Crippen molar-refractivity contribution in [3.8, 4) is 5.88 Å².